The average Bonchev–Trinajstić information content (AvgIpc) is 1.65. The first-order valence-electron chi connectivity index (χ1n) is 40.8. The number of rotatable bonds is 23. The molecule has 0 atom stereocenters. The van der Waals surface area contributed by atoms with Gasteiger partial charge in [0.1, 0.15) is 53.0 Å². The molecule has 0 aliphatic heterocycles. The number of carbonyl (C=O) groups excluding carboxylic acids is 7. The van der Waals surface area contributed by atoms with E-state index in [1.54, 1.807) is 77.9 Å². The largest absolute Gasteiger partial charge is 1.00 e. The molecular formula is C89H88F9LiN18O18. The Labute approximate surface area is 774 Å². The number of benzene rings is 3. The third-order valence-electron chi connectivity index (χ3n) is 19.2. The van der Waals surface area contributed by atoms with Gasteiger partial charge < -0.3 is 59.5 Å². The molecule has 12 aromatic rings. The van der Waals surface area contributed by atoms with Crippen LogP contribution in [-0.2, 0) is 32.7 Å². The number of carboxylic acid groups (broad SMARTS) is 2. The summed E-state index contributed by atoms with van der Waals surface area (Å²) in [5.41, 5.74) is -0.176. The number of ketones is 2. The zero-order chi connectivity index (χ0) is 96.7. The van der Waals surface area contributed by atoms with Gasteiger partial charge in [0.25, 0.3) is 11.8 Å². The number of halogens is 9. The van der Waals surface area contributed by atoms with E-state index in [2.05, 4.69) is 55.8 Å². The number of amides is 5. The van der Waals surface area contributed by atoms with Crippen LogP contribution in [0, 0.1) is 17.8 Å². The van der Waals surface area contributed by atoms with Gasteiger partial charge in [-0.15, -0.1) is 0 Å². The third-order valence-corrected chi connectivity index (χ3v) is 19.2. The van der Waals surface area contributed by atoms with E-state index >= 15 is 0 Å². The third kappa shape index (κ3) is 27.9. The number of hydrogen-bond acceptors (Lipinski definition) is 26. The van der Waals surface area contributed by atoms with Crippen LogP contribution in [0.15, 0.2) is 178 Å². The van der Waals surface area contributed by atoms with E-state index in [9.17, 15) is 82.7 Å². The Kier molecular flexibility index (Phi) is 31.4. The van der Waals surface area contributed by atoms with E-state index in [1.165, 1.54) is 120 Å². The maximum absolute atomic E-state index is 13.8. The van der Waals surface area contributed by atoms with E-state index in [0.717, 1.165) is 90.0 Å². The van der Waals surface area contributed by atoms with Crippen molar-refractivity contribution in [1.82, 2.24) is 59.2 Å². The molecule has 0 spiro atoms. The van der Waals surface area contributed by atoms with Crippen LogP contribution in [0.1, 0.15) is 194 Å². The molecule has 3 aliphatic rings. The number of nitrogens with one attached hydrogen (secondary N) is 2. The number of Topliss-reactive ketones (excluding diaryl/α,β-unsaturated/α-hetero) is 2. The molecule has 15 rings (SSSR count). The van der Waals surface area contributed by atoms with E-state index in [0.29, 0.717) is 82.5 Å². The number of nitrogens with zero attached hydrogens (tertiary/aromatic N) is 15. The predicted molar refractivity (Wildman–Crippen MR) is 460 cm³/mol. The number of nitrogens with two attached hydrogens (primary N) is 1. The van der Waals surface area contributed by atoms with Crippen LogP contribution in [0.25, 0.3) is 51.4 Å². The van der Waals surface area contributed by atoms with Crippen LogP contribution in [0.3, 0.4) is 0 Å². The van der Waals surface area contributed by atoms with Crippen LogP contribution in [0.5, 0.6) is 0 Å². The fourth-order valence-corrected chi connectivity index (χ4v) is 12.2. The van der Waals surface area contributed by atoms with Crippen LogP contribution < -0.4 is 49.9 Å². The summed E-state index contributed by atoms with van der Waals surface area (Å²) in [6.07, 6.45) is 0.637. The van der Waals surface area contributed by atoms with Gasteiger partial charge in [0, 0.05) is 66.0 Å². The Bertz CT molecular complexity index is 6040. The number of anilines is 6. The molecule has 0 bridgehead atoms. The molecule has 5 amide bonds. The van der Waals surface area contributed by atoms with Gasteiger partial charge in [-0.25, -0.2) is 67.9 Å². The fraction of sp³-hybridized carbons (Fsp3) is 0.326. The van der Waals surface area contributed by atoms with Gasteiger partial charge in [-0.3, -0.25) is 33.9 Å². The van der Waals surface area contributed by atoms with Crippen LogP contribution in [0.2, 0.25) is 0 Å². The number of hydrogen-bond donors (Lipinski definition) is 5. The maximum Gasteiger partial charge on any atom is 1.00 e. The molecule has 7 N–H and O–H groups in total. The smallest absolute Gasteiger partial charge is 0.870 e. The number of oxazole rings is 3. The zero-order valence-electron chi connectivity index (χ0n) is 74.3. The second kappa shape index (κ2) is 41.5. The minimum atomic E-state index is -4.92. The molecule has 3 aliphatic carbocycles. The Balaban J connectivity index is 0.000000194. The van der Waals surface area contributed by atoms with Crippen LogP contribution in [-0.4, -0.2) is 165 Å². The molecule has 3 aromatic carbocycles. The quantitative estimate of drug-likeness (QED) is 0.0172. The Morgan fingerprint density at radius 1 is 0.422 bits per heavy atom. The molecule has 0 saturated heterocycles. The van der Waals surface area contributed by atoms with E-state index in [4.69, 9.17) is 43.4 Å². The Hall–Kier alpha value is -14.9. The van der Waals surface area contributed by atoms with Gasteiger partial charge in [-0.2, -0.15) is 54.8 Å². The summed E-state index contributed by atoms with van der Waals surface area (Å²) in [6, 6.07) is 26.3. The van der Waals surface area contributed by atoms with Gasteiger partial charge >= 0.3 is 67.6 Å². The molecule has 3 saturated carbocycles. The summed E-state index contributed by atoms with van der Waals surface area (Å²) < 4.78 is 156. The second-order valence-electron chi connectivity index (χ2n) is 33.7. The van der Waals surface area contributed by atoms with Gasteiger partial charge in [-0.05, 0) is 242 Å². The molecule has 706 valence electrons. The minimum absolute atomic E-state index is 0. The van der Waals surface area contributed by atoms with Crippen molar-refractivity contribution in [2.45, 2.75) is 150 Å². The number of carbonyl (C=O) groups is 9. The second-order valence-corrected chi connectivity index (χ2v) is 33.7. The first kappa shape index (κ1) is 102. The molecule has 9 aromatic heterocycles. The fourth-order valence-electron chi connectivity index (χ4n) is 12.2. The summed E-state index contributed by atoms with van der Waals surface area (Å²) in [6.45, 7) is 20.1. The number of alkyl halides is 9. The number of ether oxygens (including phenoxy) is 3. The van der Waals surface area contributed by atoms with Crippen LogP contribution in [0.4, 0.5) is 88.4 Å². The van der Waals surface area contributed by atoms with Gasteiger partial charge in [0.15, 0.2) is 45.7 Å². The first-order chi connectivity index (χ1) is 62.4. The van der Waals surface area contributed by atoms with Crippen molar-refractivity contribution in [3.8, 4) is 51.4 Å². The number of carboxylic acids is 2. The normalized spacial score (nSPS) is 13.1. The zero-order valence-corrected chi connectivity index (χ0v) is 74.3. The monoisotopic (exact) mass is 1870 g/mol. The Morgan fingerprint density at radius 3 is 0.963 bits per heavy atom. The van der Waals surface area contributed by atoms with Gasteiger partial charge in [0.2, 0.25) is 17.7 Å². The van der Waals surface area contributed by atoms with Crippen molar-refractivity contribution in [2.24, 2.45) is 17.8 Å². The summed E-state index contributed by atoms with van der Waals surface area (Å²) in [5, 5.41) is 33.0. The predicted octanol–water partition coefficient (Wildman–Crippen LogP) is 15.7. The summed E-state index contributed by atoms with van der Waals surface area (Å²) in [5.74, 6) is -2.45. The van der Waals surface area contributed by atoms with Crippen molar-refractivity contribution in [3.63, 3.8) is 0 Å². The van der Waals surface area contributed by atoms with Crippen molar-refractivity contribution in [3.05, 3.63) is 216 Å². The van der Waals surface area contributed by atoms with Gasteiger partial charge in [0.05, 0.1) is 58.3 Å². The molecule has 0 unspecified atom stereocenters. The average molecular weight is 1880 g/mol. The minimum Gasteiger partial charge on any atom is -0.870 e. The number of pyridine rings is 3. The van der Waals surface area contributed by atoms with E-state index < -0.39 is 112 Å². The molecule has 0 radical (unpaired) electrons. The SMILES string of the molecule is CC(=O)c1ccc(-n2cc(N)c(C(F)(F)F)n2)cc1.CC(=O)c1ccc(-n2cc(NC(=O)c3coc(-c4ccnc(N(CC5CC5)C(=O)OC(C)(C)C)c4)n3)c(C(F)(F)F)n2)cc1.CC(C)(C)OC(=O)N(CC1CC1)c1cc(-c2nc(C(=O)Nc3cn(-c4ccc(C(=O)O)cc4)nc3C(F)(F)F)co2)ccn1.CC(C)(C)OC(=O)N(CC1CC1)c1cc(-c2nc(C(=O)O)co2)ccn1.[Li+].[OH-]. The van der Waals surface area contributed by atoms with E-state index in [1.807, 2.05) is 20.8 Å². The topological polar surface area (TPSA) is 482 Å². The summed E-state index contributed by atoms with van der Waals surface area (Å²) >= 11 is 0. The van der Waals surface area contributed by atoms with Crippen molar-refractivity contribution >= 4 is 88.1 Å². The summed E-state index contributed by atoms with van der Waals surface area (Å²) in [7, 11) is 0. The van der Waals surface area contributed by atoms with E-state index in [-0.39, 0.29) is 93.4 Å². The molecule has 3 fully saturated rings. The standard InChI is InChI=1S/C30H29F3N6O5.C29H27F3N6O6.C18H21N3O5.C12H10F3N3O.Li.H2O/c1-17(40)19-7-9-21(10-8-19)39-15-22(25(37-39)30(31,32)33)35-26(41)23-16-43-27(36-23)20-11-12-34-24(13-20)38(14-18-5-6-18)28(42)44-29(2,3)4;1-28(2,3)44-27(42)37(13-16-4-5-16)22-12-18(10-11-33-22)25-35-21(15-43-25)24(39)34-20-14-38(36-23(20)29(30,31)32)19-8-6-17(7-9-19)26(40)41;1-18(2,3)26-17(24)21(9-11-4-5-11)14-8-12(6-7-19-14)15-20-13(10-25-15)16(22)23;1-7(19)8-2-4-9(5-3-8)18-6-10(16)11(17-18)12(13,14)15;;/h7-13,15-16,18H,5-6,14H2,1-4H3,(H,35,41);6-12,14-16H,4-5,13H2,1-3H3,(H,34,39)(H,40,41);6-8,10-11H,4-5,9H2,1-3H3,(H,22,23);2-6H,16H2,1H3;;1H2/q;;;;+1;/p-1. The Morgan fingerprint density at radius 2 is 0.704 bits per heavy atom. The van der Waals surface area contributed by atoms with Crippen LogP contribution >= 0.6 is 0 Å². The first-order valence-corrected chi connectivity index (χ1v) is 40.8. The number of nitrogen functional groups attached to an aromatic ring is 1. The van der Waals surface area contributed by atoms with Crippen molar-refractivity contribution in [1.29, 1.82) is 0 Å². The molecule has 135 heavy (non-hydrogen) atoms. The van der Waals surface area contributed by atoms with Crippen molar-refractivity contribution in [2.75, 3.05) is 50.7 Å². The summed E-state index contributed by atoms with van der Waals surface area (Å²) in [4.78, 5) is 139. The van der Waals surface area contributed by atoms with Gasteiger partial charge in [-0.1, -0.05) is 0 Å². The number of aromatic nitrogens is 12. The molecule has 46 heteroatoms. The molecular weight excluding hydrogens is 1790 g/mol. The number of aromatic carboxylic acids is 2. The molecule has 36 nitrogen and oxygen atoms in total. The van der Waals surface area contributed by atoms with Crippen molar-refractivity contribution < 1.29 is 145 Å². The maximum atomic E-state index is 13.8. The molecule has 9 heterocycles.